The zero-order valence-electron chi connectivity index (χ0n) is 11.3. The molecule has 0 saturated carbocycles. The molecule has 0 saturated heterocycles. The number of carbonyl (C=O) groups is 2. The minimum atomic E-state index is -0.498. The van der Waals surface area contributed by atoms with Gasteiger partial charge in [0.05, 0.1) is 17.2 Å². The maximum absolute atomic E-state index is 12.0. The number of aromatic nitrogens is 1. The number of rotatable bonds is 7. The Bertz CT molecular complexity index is 468. The van der Waals surface area contributed by atoms with Crippen molar-refractivity contribution in [3.63, 3.8) is 0 Å². The number of hydrogen-bond donors (Lipinski definition) is 1. The molecule has 0 spiro atoms. The average Bonchev–Trinajstić information content (AvgIpc) is 2.77. The van der Waals surface area contributed by atoms with E-state index in [1.165, 1.54) is 22.3 Å². The SMILES string of the molecule is CCCCN(CC(N)=O)C(=O)/C=C\c1csc(C)n1. The molecule has 1 rings (SSSR count). The minimum absolute atomic E-state index is 0.0424. The highest BCUT2D eigenvalue weighted by Gasteiger charge is 2.12. The van der Waals surface area contributed by atoms with E-state index in [-0.39, 0.29) is 12.5 Å². The van der Waals surface area contributed by atoms with Gasteiger partial charge in [-0.25, -0.2) is 4.98 Å². The van der Waals surface area contributed by atoms with Crippen molar-refractivity contribution in [3.8, 4) is 0 Å². The number of nitrogens with zero attached hydrogens (tertiary/aromatic N) is 2. The highest BCUT2D eigenvalue weighted by atomic mass is 32.1. The molecular formula is C13H19N3O2S. The van der Waals surface area contributed by atoms with E-state index in [0.717, 1.165) is 23.5 Å². The number of carbonyl (C=O) groups excluding carboxylic acids is 2. The Morgan fingerprint density at radius 2 is 2.26 bits per heavy atom. The van der Waals surface area contributed by atoms with Gasteiger partial charge in [0.15, 0.2) is 0 Å². The summed E-state index contributed by atoms with van der Waals surface area (Å²) in [5.74, 6) is -0.708. The summed E-state index contributed by atoms with van der Waals surface area (Å²) in [5, 5.41) is 2.83. The minimum Gasteiger partial charge on any atom is -0.368 e. The summed E-state index contributed by atoms with van der Waals surface area (Å²) in [6.07, 6.45) is 4.90. The van der Waals surface area contributed by atoms with Crippen LogP contribution in [0, 0.1) is 6.92 Å². The van der Waals surface area contributed by atoms with Gasteiger partial charge >= 0.3 is 0 Å². The normalized spacial score (nSPS) is 10.8. The second kappa shape index (κ2) is 7.68. The summed E-state index contributed by atoms with van der Waals surface area (Å²) in [6, 6.07) is 0. The van der Waals surface area contributed by atoms with Crippen LogP contribution in [0.2, 0.25) is 0 Å². The number of aryl methyl sites for hydroxylation is 1. The molecule has 19 heavy (non-hydrogen) atoms. The Hall–Kier alpha value is -1.69. The molecule has 0 aliphatic carbocycles. The molecule has 0 unspecified atom stereocenters. The van der Waals surface area contributed by atoms with Crippen LogP contribution in [0.5, 0.6) is 0 Å². The first-order chi connectivity index (χ1) is 9.02. The van der Waals surface area contributed by atoms with E-state index in [2.05, 4.69) is 4.98 Å². The van der Waals surface area contributed by atoms with Gasteiger partial charge in [-0.05, 0) is 19.4 Å². The predicted octanol–water partition coefficient (Wildman–Crippen LogP) is 1.58. The Morgan fingerprint density at radius 1 is 1.53 bits per heavy atom. The molecule has 2 amide bonds. The smallest absolute Gasteiger partial charge is 0.247 e. The molecule has 6 heteroatoms. The van der Waals surface area contributed by atoms with Crippen LogP contribution in [0.1, 0.15) is 30.5 Å². The van der Waals surface area contributed by atoms with E-state index in [1.54, 1.807) is 6.08 Å². The first-order valence-electron chi connectivity index (χ1n) is 6.20. The monoisotopic (exact) mass is 281 g/mol. The van der Waals surface area contributed by atoms with Crippen LogP contribution in [-0.4, -0.2) is 34.8 Å². The third kappa shape index (κ3) is 5.65. The van der Waals surface area contributed by atoms with Gasteiger partial charge in [-0.3, -0.25) is 9.59 Å². The first kappa shape index (κ1) is 15.4. The van der Waals surface area contributed by atoms with Gasteiger partial charge in [-0.2, -0.15) is 0 Å². The third-order valence-electron chi connectivity index (χ3n) is 2.47. The van der Waals surface area contributed by atoms with Crippen molar-refractivity contribution in [2.45, 2.75) is 26.7 Å². The van der Waals surface area contributed by atoms with Gasteiger partial charge in [0, 0.05) is 18.0 Å². The van der Waals surface area contributed by atoms with Gasteiger partial charge < -0.3 is 10.6 Å². The summed E-state index contributed by atoms with van der Waals surface area (Å²) in [4.78, 5) is 28.6. The van der Waals surface area contributed by atoms with Crippen LogP contribution in [-0.2, 0) is 9.59 Å². The van der Waals surface area contributed by atoms with E-state index in [0.29, 0.717) is 6.54 Å². The predicted molar refractivity (Wildman–Crippen MR) is 76.6 cm³/mol. The maximum atomic E-state index is 12.0. The van der Waals surface area contributed by atoms with Gasteiger partial charge in [0.1, 0.15) is 0 Å². The zero-order chi connectivity index (χ0) is 14.3. The second-order valence-electron chi connectivity index (χ2n) is 4.20. The van der Waals surface area contributed by atoms with E-state index in [9.17, 15) is 9.59 Å². The fourth-order valence-corrected chi connectivity index (χ4v) is 2.10. The summed E-state index contributed by atoms with van der Waals surface area (Å²) in [6.45, 7) is 4.43. The van der Waals surface area contributed by atoms with Crippen molar-refractivity contribution < 1.29 is 9.59 Å². The summed E-state index contributed by atoms with van der Waals surface area (Å²) < 4.78 is 0. The summed E-state index contributed by atoms with van der Waals surface area (Å²) >= 11 is 1.53. The second-order valence-corrected chi connectivity index (χ2v) is 5.27. The number of unbranched alkanes of at least 4 members (excludes halogenated alkanes) is 1. The fraction of sp³-hybridized carbons (Fsp3) is 0.462. The van der Waals surface area contributed by atoms with Gasteiger partial charge in [-0.1, -0.05) is 13.3 Å². The maximum Gasteiger partial charge on any atom is 0.247 e. The van der Waals surface area contributed by atoms with Gasteiger partial charge in [0.2, 0.25) is 11.8 Å². The van der Waals surface area contributed by atoms with E-state index in [4.69, 9.17) is 5.73 Å². The van der Waals surface area contributed by atoms with Crippen molar-refractivity contribution >= 4 is 29.2 Å². The van der Waals surface area contributed by atoms with E-state index in [1.807, 2.05) is 19.2 Å². The molecule has 1 aromatic heterocycles. The molecule has 0 fully saturated rings. The quantitative estimate of drug-likeness (QED) is 0.771. The van der Waals surface area contributed by atoms with Crippen molar-refractivity contribution in [1.82, 2.24) is 9.88 Å². The van der Waals surface area contributed by atoms with Crippen LogP contribution in [0.15, 0.2) is 11.5 Å². The lowest BCUT2D eigenvalue weighted by atomic mass is 10.3. The molecule has 0 aliphatic heterocycles. The zero-order valence-corrected chi connectivity index (χ0v) is 12.1. The average molecular weight is 281 g/mol. The van der Waals surface area contributed by atoms with Gasteiger partial charge in [-0.15, -0.1) is 11.3 Å². The Morgan fingerprint density at radius 3 is 2.79 bits per heavy atom. The lowest BCUT2D eigenvalue weighted by molar-refractivity contribution is -0.131. The van der Waals surface area contributed by atoms with Gasteiger partial charge in [0.25, 0.3) is 0 Å². The molecular weight excluding hydrogens is 262 g/mol. The molecule has 104 valence electrons. The summed E-state index contributed by atoms with van der Waals surface area (Å²) in [5.41, 5.74) is 5.90. The summed E-state index contributed by atoms with van der Waals surface area (Å²) in [7, 11) is 0. The number of hydrogen-bond acceptors (Lipinski definition) is 4. The van der Waals surface area contributed by atoms with Crippen molar-refractivity contribution in [1.29, 1.82) is 0 Å². The molecule has 0 aromatic carbocycles. The van der Waals surface area contributed by atoms with Crippen molar-refractivity contribution in [3.05, 3.63) is 22.2 Å². The Balaban J connectivity index is 2.64. The van der Waals surface area contributed by atoms with Crippen molar-refractivity contribution in [2.75, 3.05) is 13.1 Å². The largest absolute Gasteiger partial charge is 0.368 e. The molecule has 1 aromatic rings. The molecule has 5 nitrogen and oxygen atoms in total. The van der Waals surface area contributed by atoms with Crippen LogP contribution in [0.3, 0.4) is 0 Å². The molecule has 0 radical (unpaired) electrons. The van der Waals surface area contributed by atoms with Crippen LogP contribution < -0.4 is 5.73 Å². The Labute approximate surface area is 117 Å². The highest BCUT2D eigenvalue weighted by molar-refractivity contribution is 7.09. The van der Waals surface area contributed by atoms with Crippen LogP contribution in [0.25, 0.3) is 6.08 Å². The van der Waals surface area contributed by atoms with Crippen LogP contribution in [0.4, 0.5) is 0 Å². The number of thiazole rings is 1. The van der Waals surface area contributed by atoms with Crippen molar-refractivity contribution in [2.24, 2.45) is 5.73 Å². The number of primary amides is 1. The fourth-order valence-electron chi connectivity index (χ4n) is 1.52. The Kier molecular flexibility index (Phi) is 6.21. The lowest BCUT2D eigenvalue weighted by Gasteiger charge is -2.18. The van der Waals surface area contributed by atoms with Crippen LogP contribution >= 0.6 is 11.3 Å². The topological polar surface area (TPSA) is 76.3 Å². The number of amides is 2. The number of nitrogens with two attached hydrogens (primary N) is 1. The van der Waals surface area contributed by atoms with E-state index >= 15 is 0 Å². The standard InChI is InChI=1S/C13H19N3O2S/c1-3-4-7-16(8-12(14)17)13(18)6-5-11-9-19-10(2)15-11/h5-6,9H,3-4,7-8H2,1-2H3,(H2,14,17)/b6-5-. The molecule has 1 heterocycles. The lowest BCUT2D eigenvalue weighted by Crippen LogP contribution is -2.38. The molecule has 2 N–H and O–H groups in total. The highest BCUT2D eigenvalue weighted by Crippen LogP contribution is 2.09. The molecule has 0 atom stereocenters. The molecule has 0 bridgehead atoms. The van der Waals surface area contributed by atoms with E-state index < -0.39 is 5.91 Å². The first-order valence-corrected chi connectivity index (χ1v) is 7.08. The molecule has 0 aliphatic rings. The third-order valence-corrected chi connectivity index (χ3v) is 3.27.